The molecule has 168 valence electrons. The Bertz CT molecular complexity index is 1500. The molecule has 1 saturated heterocycles. The Morgan fingerprint density at radius 2 is 1.79 bits per heavy atom. The van der Waals surface area contributed by atoms with Gasteiger partial charge < -0.3 is 5.11 Å². The van der Waals surface area contributed by atoms with E-state index in [1.165, 1.54) is 65.0 Å². The quantitative estimate of drug-likeness (QED) is 0.152. The number of hydrogen-bond acceptors (Lipinski definition) is 8. The van der Waals surface area contributed by atoms with Gasteiger partial charge in [0.15, 0.2) is 5.13 Å². The van der Waals surface area contributed by atoms with E-state index in [-0.39, 0.29) is 17.0 Å². The maximum atomic E-state index is 13.2. The van der Waals surface area contributed by atoms with Gasteiger partial charge in [0, 0.05) is 30.1 Å². The molecule has 0 bridgehead atoms. The van der Waals surface area contributed by atoms with E-state index in [1.54, 1.807) is 0 Å². The highest BCUT2D eigenvalue weighted by Crippen LogP contribution is 2.44. The van der Waals surface area contributed by atoms with Gasteiger partial charge in [0.05, 0.1) is 26.8 Å². The van der Waals surface area contributed by atoms with Crippen molar-refractivity contribution in [2.24, 2.45) is 0 Å². The van der Waals surface area contributed by atoms with Crippen molar-refractivity contribution in [3.63, 3.8) is 0 Å². The number of benzene rings is 2. The average molecular weight is 472 g/mol. The van der Waals surface area contributed by atoms with Crippen LogP contribution >= 0.6 is 11.3 Å². The molecule has 4 aromatic rings. The number of nitro groups is 1. The van der Waals surface area contributed by atoms with Crippen LogP contribution in [0.3, 0.4) is 0 Å². The van der Waals surface area contributed by atoms with E-state index in [9.17, 15) is 24.8 Å². The number of Topliss-reactive ketones (excluding diaryl/α,β-unsaturated/α-hetero) is 1. The summed E-state index contributed by atoms with van der Waals surface area (Å²) in [6.45, 7) is 1.94. The summed E-state index contributed by atoms with van der Waals surface area (Å²) < 4.78 is 0.841. The lowest BCUT2D eigenvalue weighted by atomic mass is 9.95. The number of carbonyl (C=O) groups is 2. The van der Waals surface area contributed by atoms with Gasteiger partial charge in [0.1, 0.15) is 5.76 Å². The first-order valence-electron chi connectivity index (χ1n) is 10.2. The van der Waals surface area contributed by atoms with E-state index in [0.717, 1.165) is 10.3 Å². The van der Waals surface area contributed by atoms with Crippen LogP contribution in [-0.2, 0) is 9.59 Å². The van der Waals surface area contributed by atoms with Gasteiger partial charge in [-0.05, 0) is 54.4 Å². The van der Waals surface area contributed by atoms with E-state index >= 15 is 0 Å². The van der Waals surface area contributed by atoms with Crippen molar-refractivity contribution < 1.29 is 19.6 Å². The molecular formula is C24H16N4O5S. The molecule has 0 aliphatic carbocycles. The Hall–Kier alpha value is -4.44. The summed E-state index contributed by atoms with van der Waals surface area (Å²) in [4.78, 5) is 46.7. The number of ketones is 1. The van der Waals surface area contributed by atoms with Crippen LogP contribution in [0, 0.1) is 17.0 Å². The summed E-state index contributed by atoms with van der Waals surface area (Å²) in [5.74, 6) is -2.06. The SMILES string of the molecule is Cc1ccc2nc(N3C(=O)C(=O)C(=C(O)c4ccncc4)C3c3ccc([N+](=O)[O-])cc3)sc2c1. The number of aliphatic hydroxyl groups excluding tert-OH is 1. The molecule has 0 saturated carbocycles. The Labute approximate surface area is 196 Å². The maximum Gasteiger partial charge on any atom is 0.301 e. The number of amides is 1. The third kappa shape index (κ3) is 3.50. The molecule has 1 amide bonds. The molecule has 5 rings (SSSR count). The fourth-order valence-electron chi connectivity index (χ4n) is 3.91. The van der Waals surface area contributed by atoms with Crippen molar-refractivity contribution in [1.82, 2.24) is 9.97 Å². The highest BCUT2D eigenvalue weighted by atomic mass is 32.1. The minimum Gasteiger partial charge on any atom is -0.507 e. The average Bonchev–Trinajstić information content (AvgIpc) is 3.37. The molecule has 0 radical (unpaired) electrons. The number of anilines is 1. The van der Waals surface area contributed by atoms with E-state index in [0.29, 0.717) is 21.8 Å². The zero-order chi connectivity index (χ0) is 24.0. The number of rotatable bonds is 4. The van der Waals surface area contributed by atoms with Gasteiger partial charge in [-0.25, -0.2) is 4.98 Å². The van der Waals surface area contributed by atoms with Crippen LogP contribution in [0.1, 0.15) is 22.7 Å². The molecule has 1 fully saturated rings. The number of nitro benzene ring substituents is 1. The molecule has 1 N–H and O–H groups in total. The molecular weight excluding hydrogens is 456 g/mol. The summed E-state index contributed by atoms with van der Waals surface area (Å²) in [6, 6.07) is 13.2. The largest absolute Gasteiger partial charge is 0.507 e. The Kier molecular flexibility index (Phi) is 5.14. The zero-order valence-electron chi connectivity index (χ0n) is 17.7. The Balaban J connectivity index is 1.72. The van der Waals surface area contributed by atoms with E-state index in [2.05, 4.69) is 9.97 Å². The number of pyridine rings is 1. The van der Waals surface area contributed by atoms with Crippen LogP contribution in [0.25, 0.3) is 16.0 Å². The lowest BCUT2D eigenvalue weighted by Crippen LogP contribution is -2.29. The molecule has 2 aromatic heterocycles. The molecule has 1 aliphatic heterocycles. The standard InChI is InChI=1S/C24H16N4O5S/c1-13-2-7-17-18(12-13)34-24(26-17)27-20(14-3-5-16(6-4-14)28(32)33)19(22(30)23(27)31)21(29)15-8-10-25-11-9-15/h2-12,20,29H,1H3. The minimum atomic E-state index is -1.02. The van der Waals surface area contributed by atoms with Gasteiger partial charge in [0.25, 0.3) is 11.5 Å². The van der Waals surface area contributed by atoms with E-state index in [4.69, 9.17) is 0 Å². The van der Waals surface area contributed by atoms with Gasteiger partial charge in [-0.1, -0.05) is 17.4 Å². The van der Waals surface area contributed by atoms with Crippen molar-refractivity contribution in [2.45, 2.75) is 13.0 Å². The van der Waals surface area contributed by atoms with Crippen molar-refractivity contribution in [3.8, 4) is 0 Å². The molecule has 2 aromatic carbocycles. The summed E-state index contributed by atoms with van der Waals surface area (Å²) in [5, 5.41) is 22.5. The smallest absolute Gasteiger partial charge is 0.301 e. The molecule has 1 aliphatic rings. The molecule has 3 heterocycles. The second-order valence-corrected chi connectivity index (χ2v) is 8.73. The topological polar surface area (TPSA) is 127 Å². The summed E-state index contributed by atoms with van der Waals surface area (Å²) >= 11 is 1.25. The van der Waals surface area contributed by atoms with Gasteiger partial charge in [-0.2, -0.15) is 0 Å². The Morgan fingerprint density at radius 1 is 1.09 bits per heavy atom. The predicted molar refractivity (Wildman–Crippen MR) is 126 cm³/mol. The number of carbonyl (C=O) groups excluding carboxylic acids is 2. The van der Waals surface area contributed by atoms with Gasteiger partial charge in [0.2, 0.25) is 0 Å². The van der Waals surface area contributed by atoms with Crippen molar-refractivity contribution >= 4 is 49.8 Å². The third-order valence-electron chi connectivity index (χ3n) is 5.56. The number of non-ortho nitro benzene ring substituents is 1. The van der Waals surface area contributed by atoms with Gasteiger partial charge >= 0.3 is 5.91 Å². The van der Waals surface area contributed by atoms with E-state index < -0.39 is 22.7 Å². The van der Waals surface area contributed by atoms with E-state index in [1.807, 2.05) is 25.1 Å². The Morgan fingerprint density at radius 3 is 2.47 bits per heavy atom. The lowest BCUT2D eigenvalue weighted by molar-refractivity contribution is -0.384. The number of nitrogens with zero attached hydrogens (tertiary/aromatic N) is 4. The maximum absolute atomic E-state index is 13.2. The van der Waals surface area contributed by atoms with Crippen LogP contribution in [0.5, 0.6) is 0 Å². The van der Waals surface area contributed by atoms with Gasteiger partial charge in [-0.3, -0.25) is 29.6 Å². The van der Waals surface area contributed by atoms with Crippen LogP contribution < -0.4 is 4.90 Å². The summed E-state index contributed by atoms with van der Waals surface area (Å²) in [6.07, 6.45) is 2.92. The molecule has 9 nitrogen and oxygen atoms in total. The number of aliphatic hydroxyl groups is 1. The third-order valence-corrected chi connectivity index (χ3v) is 6.57. The van der Waals surface area contributed by atoms with Crippen LogP contribution in [-0.4, -0.2) is 31.7 Å². The number of fused-ring (bicyclic) bond motifs is 1. The number of aryl methyl sites for hydroxylation is 1. The zero-order valence-corrected chi connectivity index (χ0v) is 18.5. The summed E-state index contributed by atoms with van der Waals surface area (Å²) in [7, 11) is 0. The number of thiazole rings is 1. The molecule has 1 unspecified atom stereocenters. The lowest BCUT2D eigenvalue weighted by Gasteiger charge is -2.22. The molecule has 0 spiro atoms. The first kappa shape index (κ1) is 21.4. The first-order valence-corrected chi connectivity index (χ1v) is 11.0. The van der Waals surface area contributed by atoms with Crippen molar-refractivity contribution in [2.75, 3.05) is 4.90 Å². The van der Waals surface area contributed by atoms with Crippen LogP contribution in [0.2, 0.25) is 0 Å². The predicted octanol–water partition coefficient (Wildman–Crippen LogP) is 4.53. The second kappa shape index (κ2) is 8.16. The fourth-order valence-corrected chi connectivity index (χ4v) is 5.00. The highest BCUT2D eigenvalue weighted by molar-refractivity contribution is 7.22. The molecule has 34 heavy (non-hydrogen) atoms. The summed E-state index contributed by atoms with van der Waals surface area (Å²) in [5.41, 5.74) is 2.18. The molecule has 1 atom stereocenters. The van der Waals surface area contributed by atoms with Crippen molar-refractivity contribution in [3.05, 3.63) is 99.4 Å². The van der Waals surface area contributed by atoms with Gasteiger partial charge in [-0.15, -0.1) is 0 Å². The van der Waals surface area contributed by atoms with Crippen molar-refractivity contribution in [1.29, 1.82) is 0 Å². The first-order chi connectivity index (χ1) is 16.3. The second-order valence-electron chi connectivity index (χ2n) is 7.72. The fraction of sp³-hybridized carbons (Fsp3) is 0.0833. The van der Waals surface area contributed by atoms with Crippen LogP contribution in [0.4, 0.5) is 10.8 Å². The normalized spacial score (nSPS) is 17.4. The monoisotopic (exact) mass is 472 g/mol. The minimum absolute atomic E-state index is 0.125. The highest BCUT2D eigenvalue weighted by Gasteiger charge is 2.48. The van der Waals surface area contributed by atoms with Crippen LogP contribution in [0.15, 0.2) is 72.6 Å². The number of hydrogen-bond donors (Lipinski definition) is 1. The number of aromatic nitrogens is 2. The molecule has 10 heteroatoms.